The van der Waals surface area contributed by atoms with Crippen molar-refractivity contribution in [2.24, 2.45) is 11.7 Å². The van der Waals surface area contributed by atoms with Gasteiger partial charge in [-0.25, -0.2) is 0 Å². The number of amides is 1. The monoisotopic (exact) mass is 194 g/mol. The van der Waals surface area contributed by atoms with Crippen LogP contribution in [0.2, 0.25) is 0 Å². The van der Waals surface area contributed by atoms with Gasteiger partial charge in [0.1, 0.15) is 0 Å². The lowest BCUT2D eigenvalue weighted by molar-refractivity contribution is -0.136. The zero-order valence-corrected chi connectivity index (χ0v) is 8.48. The SMILES string of the molecule is N[C@@H]1CCCN(C(=O)C2CC=CC2)C1. The van der Waals surface area contributed by atoms with E-state index in [1.54, 1.807) is 0 Å². The molecule has 0 bridgehead atoms. The molecule has 0 aromatic rings. The lowest BCUT2D eigenvalue weighted by Crippen LogP contribution is -2.47. The molecule has 2 rings (SSSR count). The van der Waals surface area contributed by atoms with Crippen LogP contribution < -0.4 is 5.73 Å². The molecule has 1 fully saturated rings. The molecule has 1 amide bonds. The topological polar surface area (TPSA) is 46.3 Å². The van der Waals surface area contributed by atoms with Crippen LogP contribution in [0.4, 0.5) is 0 Å². The Morgan fingerprint density at radius 3 is 2.71 bits per heavy atom. The second-order valence-corrected chi connectivity index (χ2v) is 4.33. The van der Waals surface area contributed by atoms with Gasteiger partial charge in [-0.05, 0) is 25.7 Å². The molecule has 2 aliphatic rings. The van der Waals surface area contributed by atoms with Gasteiger partial charge in [0.2, 0.25) is 5.91 Å². The zero-order valence-electron chi connectivity index (χ0n) is 8.48. The highest BCUT2D eigenvalue weighted by Gasteiger charge is 2.27. The molecular weight excluding hydrogens is 176 g/mol. The Morgan fingerprint density at radius 2 is 2.07 bits per heavy atom. The highest BCUT2D eigenvalue weighted by molar-refractivity contribution is 5.79. The van der Waals surface area contributed by atoms with Gasteiger partial charge >= 0.3 is 0 Å². The standard InChI is InChI=1S/C11H18N2O/c12-10-6-3-7-13(8-10)11(14)9-4-1-2-5-9/h1-2,9-10H,3-8,12H2/t10-/m1/s1. The van der Waals surface area contributed by atoms with Crippen LogP contribution in [0.25, 0.3) is 0 Å². The predicted molar refractivity (Wildman–Crippen MR) is 55.7 cm³/mol. The van der Waals surface area contributed by atoms with E-state index in [0.717, 1.165) is 38.8 Å². The molecule has 0 spiro atoms. The Balaban J connectivity index is 1.90. The Morgan fingerprint density at radius 1 is 1.36 bits per heavy atom. The average Bonchev–Trinajstić information content (AvgIpc) is 2.69. The van der Waals surface area contributed by atoms with Crippen molar-refractivity contribution in [1.82, 2.24) is 4.90 Å². The fourth-order valence-electron chi connectivity index (χ4n) is 2.29. The number of nitrogens with zero attached hydrogens (tertiary/aromatic N) is 1. The summed E-state index contributed by atoms with van der Waals surface area (Å²) in [5.74, 6) is 0.519. The third-order valence-corrected chi connectivity index (χ3v) is 3.13. The Kier molecular flexibility index (Phi) is 2.87. The maximum atomic E-state index is 12.0. The first kappa shape index (κ1) is 9.71. The molecule has 1 aliphatic carbocycles. The lowest BCUT2D eigenvalue weighted by Gasteiger charge is -2.32. The Hall–Kier alpha value is -0.830. The minimum atomic E-state index is 0.196. The van der Waals surface area contributed by atoms with E-state index in [9.17, 15) is 4.79 Å². The minimum Gasteiger partial charge on any atom is -0.341 e. The first-order valence-corrected chi connectivity index (χ1v) is 5.47. The Bertz CT molecular complexity index is 242. The van der Waals surface area contributed by atoms with Crippen molar-refractivity contribution in [2.45, 2.75) is 31.7 Å². The average molecular weight is 194 g/mol. The van der Waals surface area contributed by atoms with Crippen LogP contribution in [-0.4, -0.2) is 29.9 Å². The second-order valence-electron chi connectivity index (χ2n) is 4.33. The zero-order chi connectivity index (χ0) is 9.97. The molecular formula is C11H18N2O. The summed E-state index contributed by atoms with van der Waals surface area (Å²) in [4.78, 5) is 13.9. The van der Waals surface area contributed by atoms with E-state index in [4.69, 9.17) is 5.73 Å². The van der Waals surface area contributed by atoms with Crippen molar-refractivity contribution in [3.05, 3.63) is 12.2 Å². The number of rotatable bonds is 1. The van der Waals surface area contributed by atoms with Gasteiger partial charge in [-0.2, -0.15) is 0 Å². The third-order valence-electron chi connectivity index (χ3n) is 3.13. The summed E-state index contributed by atoms with van der Waals surface area (Å²) in [5, 5.41) is 0. The van der Waals surface area contributed by atoms with E-state index in [1.165, 1.54) is 0 Å². The lowest BCUT2D eigenvalue weighted by atomic mass is 10.0. The molecule has 1 saturated heterocycles. The third kappa shape index (κ3) is 1.98. The van der Waals surface area contributed by atoms with Gasteiger partial charge in [-0.1, -0.05) is 12.2 Å². The first-order chi connectivity index (χ1) is 6.77. The van der Waals surface area contributed by atoms with Gasteiger partial charge in [0, 0.05) is 25.0 Å². The van der Waals surface area contributed by atoms with Gasteiger partial charge < -0.3 is 10.6 Å². The van der Waals surface area contributed by atoms with Gasteiger partial charge in [0.15, 0.2) is 0 Å². The first-order valence-electron chi connectivity index (χ1n) is 5.47. The second kappa shape index (κ2) is 4.13. The van der Waals surface area contributed by atoms with Gasteiger partial charge in [0.05, 0.1) is 0 Å². The minimum absolute atomic E-state index is 0.196. The smallest absolute Gasteiger partial charge is 0.226 e. The molecule has 14 heavy (non-hydrogen) atoms. The number of piperidine rings is 1. The van der Waals surface area contributed by atoms with Gasteiger partial charge in [-0.15, -0.1) is 0 Å². The largest absolute Gasteiger partial charge is 0.341 e. The number of hydrogen-bond acceptors (Lipinski definition) is 2. The molecule has 3 nitrogen and oxygen atoms in total. The van der Waals surface area contributed by atoms with Crippen molar-refractivity contribution in [3.63, 3.8) is 0 Å². The van der Waals surface area contributed by atoms with Crippen molar-refractivity contribution in [1.29, 1.82) is 0 Å². The number of carbonyl (C=O) groups excluding carboxylic acids is 1. The summed E-state index contributed by atoms with van der Waals surface area (Å²) in [6.07, 6.45) is 8.17. The summed E-state index contributed by atoms with van der Waals surface area (Å²) in [7, 11) is 0. The normalized spacial score (nSPS) is 28.4. The van der Waals surface area contributed by atoms with E-state index in [1.807, 2.05) is 4.90 Å². The van der Waals surface area contributed by atoms with Crippen LogP contribution in [0.1, 0.15) is 25.7 Å². The Labute approximate surface area is 84.9 Å². The van der Waals surface area contributed by atoms with Crippen LogP contribution in [0.5, 0.6) is 0 Å². The number of nitrogens with two attached hydrogens (primary N) is 1. The summed E-state index contributed by atoms with van der Waals surface area (Å²) in [5.41, 5.74) is 5.85. The fourth-order valence-corrected chi connectivity index (χ4v) is 2.29. The number of allylic oxidation sites excluding steroid dienone is 2. The summed E-state index contributed by atoms with van der Waals surface area (Å²) in [6, 6.07) is 0.196. The molecule has 1 heterocycles. The molecule has 0 radical (unpaired) electrons. The molecule has 0 saturated carbocycles. The van der Waals surface area contributed by atoms with Crippen molar-refractivity contribution < 1.29 is 4.79 Å². The van der Waals surface area contributed by atoms with Crippen molar-refractivity contribution >= 4 is 5.91 Å². The molecule has 0 unspecified atom stereocenters. The van der Waals surface area contributed by atoms with Crippen LogP contribution in [0.3, 0.4) is 0 Å². The van der Waals surface area contributed by atoms with E-state index in [0.29, 0.717) is 5.91 Å². The maximum absolute atomic E-state index is 12.0. The van der Waals surface area contributed by atoms with E-state index < -0.39 is 0 Å². The van der Waals surface area contributed by atoms with E-state index in [-0.39, 0.29) is 12.0 Å². The van der Waals surface area contributed by atoms with E-state index in [2.05, 4.69) is 12.2 Å². The quantitative estimate of drug-likeness (QED) is 0.630. The van der Waals surface area contributed by atoms with Gasteiger partial charge in [-0.3, -0.25) is 4.79 Å². The molecule has 2 N–H and O–H groups in total. The fraction of sp³-hybridized carbons (Fsp3) is 0.727. The molecule has 1 atom stereocenters. The summed E-state index contributed by atoms with van der Waals surface area (Å²) in [6.45, 7) is 1.67. The molecule has 3 heteroatoms. The number of hydrogen-bond donors (Lipinski definition) is 1. The van der Waals surface area contributed by atoms with Crippen LogP contribution in [0.15, 0.2) is 12.2 Å². The highest BCUT2D eigenvalue weighted by atomic mass is 16.2. The summed E-state index contributed by atoms with van der Waals surface area (Å²) >= 11 is 0. The maximum Gasteiger partial charge on any atom is 0.226 e. The predicted octanol–water partition coefficient (Wildman–Crippen LogP) is 0.902. The molecule has 1 aliphatic heterocycles. The molecule has 0 aromatic carbocycles. The molecule has 0 aromatic heterocycles. The highest BCUT2D eigenvalue weighted by Crippen LogP contribution is 2.22. The van der Waals surface area contributed by atoms with Crippen LogP contribution >= 0.6 is 0 Å². The van der Waals surface area contributed by atoms with Crippen LogP contribution in [-0.2, 0) is 4.79 Å². The van der Waals surface area contributed by atoms with Crippen molar-refractivity contribution in [3.8, 4) is 0 Å². The van der Waals surface area contributed by atoms with Crippen LogP contribution in [0, 0.1) is 5.92 Å². The summed E-state index contributed by atoms with van der Waals surface area (Å²) < 4.78 is 0. The van der Waals surface area contributed by atoms with Crippen molar-refractivity contribution in [2.75, 3.05) is 13.1 Å². The molecule has 78 valence electrons. The number of carbonyl (C=O) groups is 1. The van der Waals surface area contributed by atoms with Gasteiger partial charge in [0.25, 0.3) is 0 Å². The van der Waals surface area contributed by atoms with E-state index >= 15 is 0 Å². The number of likely N-dealkylation sites (tertiary alicyclic amines) is 1.